The van der Waals surface area contributed by atoms with Gasteiger partial charge < -0.3 is 15.0 Å². The Bertz CT molecular complexity index is 1010. The summed E-state index contributed by atoms with van der Waals surface area (Å²) in [7, 11) is 0. The Labute approximate surface area is 175 Å². The lowest BCUT2D eigenvalue weighted by molar-refractivity contribution is -0.153. The van der Waals surface area contributed by atoms with Crippen molar-refractivity contribution in [3.63, 3.8) is 0 Å². The molecule has 3 heterocycles. The fourth-order valence-electron chi connectivity index (χ4n) is 4.20. The van der Waals surface area contributed by atoms with Crippen molar-refractivity contribution >= 4 is 23.6 Å². The van der Waals surface area contributed by atoms with Gasteiger partial charge in [0.1, 0.15) is 5.82 Å². The van der Waals surface area contributed by atoms with Gasteiger partial charge in [0, 0.05) is 25.2 Å². The van der Waals surface area contributed by atoms with Gasteiger partial charge in [0.25, 0.3) is 5.91 Å². The number of esters is 1. The molecule has 2 aliphatic rings. The van der Waals surface area contributed by atoms with Crippen LogP contribution in [0.4, 0.5) is 5.82 Å². The molecule has 2 atom stereocenters. The molecule has 0 spiro atoms. The molecule has 156 valence electrons. The standard InChI is InChI=1S/C23H25N3O4/c1-15-7-5-11-19(24-15)25-20(27)17-9-6-12-26(14-17)22(29)23(2)13-16-8-3-4-10-18(16)21(28)30-23/h3-5,7-8,10-11,17H,6,9,12-14H2,1-2H3,(H,24,25,27). The van der Waals surface area contributed by atoms with Crippen LogP contribution in [0.2, 0.25) is 0 Å². The van der Waals surface area contributed by atoms with Gasteiger partial charge >= 0.3 is 5.97 Å². The highest BCUT2D eigenvalue weighted by Crippen LogP contribution is 2.31. The number of aryl methyl sites for hydroxylation is 1. The predicted octanol–water partition coefficient (Wildman–Crippen LogP) is 2.74. The molecular formula is C23H25N3O4. The van der Waals surface area contributed by atoms with Crippen molar-refractivity contribution in [2.75, 3.05) is 18.4 Å². The number of rotatable bonds is 3. The highest BCUT2D eigenvalue weighted by Gasteiger charge is 2.46. The zero-order valence-corrected chi connectivity index (χ0v) is 17.2. The van der Waals surface area contributed by atoms with Crippen molar-refractivity contribution in [1.29, 1.82) is 0 Å². The molecule has 1 aromatic heterocycles. The van der Waals surface area contributed by atoms with Crippen molar-refractivity contribution in [3.8, 4) is 0 Å². The normalized spacial score (nSPS) is 23.3. The number of cyclic esters (lactones) is 1. The Morgan fingerprint density at radius 1 is 1.20 bits per heavy atom. The smallest absolute Gasteiger partial charge is 0.339 e. The average molecular weight is 407 g/mol. The number of likely N-dealkylation sites (tertiary alicyclic amines) is 1. The number of pyridine rings is 1. The molecule has 2 aromatic rings. The van der Waals surface area contributed by atoms with E-state index in [0.717, 1.165) is 11.3 Å². The third-order valence-corrected chi connectivity index (χ3v) is 5.75. The second-order valence-corrected chi connectivity index (χ2v) is 8.20. The van der Waals surface area contributed by atoms with Gasteiger partial charge in [-0.1, -0.05) is 24.3 Å². The maximum absolute atomic E-state index is 13.3. The van der Waals surface area contributed by atoms with Crippen LogP contribution in [-0.2, 0) is 20.7 Å². The summed E-state index contributed by atoms with van der Waals surface area (Å²) in [6.07, 6.45) is 1.74. The summed E-state index contributed by atoms with van der Waals surface area (Å²) in [5.74, 6) is -0.712. The minimum Gasteiger partial charge on any atom is -0.445 e. The number of nitrogens with zero attached hydrogens (tertiary/aromatic N) is 2. The van der Waals surface area contributed by atoms with Crippen LogP contribution in [0.25, 0.3) is 0 Å². The Morgan fingerprint density at radius 2 is 2.00 bits per heavy atom. The summed E-state index contributed by atoms with van der Waals surface area (Å²) in [6.45, 7) is 4.36. The molecule has 0 saturated carbocycles. The van der Waals surface area contributed by atoms with Gasteiger partial charge in [-0.05, 0) is 50.5 Å². The molecular weight excluding hydrogens is 382 g/mol. The first-order chi connectivity index (χ1) is 14.4. The highest BCUT2D eigenvalue weighted by molar-refractivity contribution is 5.98. The first-order valence-electron chi connectivity index (χ1n) is 10.2. The number of hydrogen-bond donors (Lipinski definition) is 1. The molecule has 4 rings (SSSR count). The number of fused-ring (bicyclic) bond motifs is 1. The second-order valence-electron chi connectivity index (χ2n) is 8.20. The van der Waals surface area contributed by atoms with Gasteiger partial charge in [-0.25, -0.2) is 9.78 Å². The van der Waals surface area contributed by atoms with Crippen molar-refractivity contribution < 1.29 is 19.1 Å². The van der Waals surface area contributed by atoms with Crippen LogP contribution in [0.1, 0.15) is 41.4 Å². The Kier molecular flexibility index (Phi) is 5.28. The number of hydrogen-bond acceptors (Lipinski definition) is 5. The number of aromatic nitrogens is 1. The van der Waals surface area contributed by atoms with E-state index in [2.05, 4.69) is 10.3 Å². The van der Waals surface area contributed by atoms with Crippen LogP contribution < -0.4 is 5.32 Å². The SMILES string of the molecule is Cc1cccc(NC(=O)C2CCCN(C(=O)C3(C)Cc4ccccc4C(=O)O3)C2)n1. The molecule has 2 aliphatic heterocycles. The van der Waals surface area contributed by atoms with Crippen LogP contribution in [0.5, 0.6) is 0 Å². The zero-order chi connectivity index (χ0) is 21.3. The number of nitrogens with one attached hydrogen (secondary N) is 1. The first kappa shape index (κ1) is 20.1. The van der Waals surface area contributed by atoms with Crippen LogP contribution in [0, 0.1) is 12.8 Å². The second kappa shape index (κ2) is 7.89. The molecule has 1 N–H and O–H groups in total. The summed E-state index contributed by atoms with van der Waals surface area (Å²) >= 11 is 0. The number of ether oxygens (including phenoxy) is 1. The topological polar surface area (TPSA) is 88.6 Å². The number of benzene rings is 1. The van der Waals surface area contributed by atoms with Gasteiger partial charge in [-0.3, -0.25) is 9.59 Å². The minimum absolute atomic E-state index is 0.151. The average Bonchev–Trinajstić information content (AvgIpc) is 2.73. The number of carbonyl (C=O) groups is 3. The maximum Gasteiger partial charge on any atom is 0.339 e. The minimum atomic E-state index is -1.26. The largest absolute Gasteiger partial charge is 0.445 e. The van der Waals surface area contributed by atoms with Crippen LogP contribution >= 0.6 is 0 Å². The lowest BCUT2D eigenvalue weighted by atomic mass is 9.87. The van der Waals surface area contributed by atoms with E-state index in [4.69, 9.17) is 4.74 Å². The summed E-state index contributed by atoms with van der Waals surface area (Å²) in [5.41, 5.74) is 0.869. The Hall–Kier alpha value is -3.22. The Morgan fingerprint density at radius 3 is 2.80 bits per heavy atom. The number of amides is 2. The van der Waals surface area contributed by atoms with Gasteiger partial charge in [-0.2, -0.15) is 0 Å². The van der Waals surface area contributed by atoms with E-state index < -0.39 is 11.6 Å². The Balaban J connectivity index is 1.46. The zero-order valence-electron chi connectivity index (χ0n) is 17.2. The van der Waals surface area contributed by atoms with E-state index >= 15 is 0 Å². The molecule has 1 fully saturated rings. The van der Waals surface area contributed by atoms with Crippen molar-refractivity contribution in [2.45, 2.75) is 38.7 Å². The number of carbonyl (C=O) groups excluding carboxylic acids is 3. The van der Waals surface area contributed by atoms with Gasteiger partial charge in [-0.15, -0.1) is 0 Å². The molecule has 7 nitrogen and oxygen atoms in total. The molecule has 1 saturated heterocycles. The molecule has 30 heavy (non-hydrogen) atoms. The van der Waals surface area contributed by atoms with E-state index in [1.807, 2.05) is 31.2 Å². The summed E-state index contributed by atoms with van der Waals surface area (Å²) in [4.78, 5) is 44.4. The predicted molar refractivity (Wildman–Crippen MR) is 111 cm³/mol. The van der Waals surface area contributed by atoms with E-state index in [0.29, 0.717) is 43.7 Å². The van der Waals surface area contributed by atoms with Crippen molar-refractivity contribution in [3.05, 3.63) is 59.3 Å². The van der Waals surface area contributed by atoms with Gasteiger partial charge in [0.05, 0.1) is 11.5 Å². The molecule has 2 amide bonds. The molecule has 0 aliphatic carbocycles. The van der Waals surface area contributed by atoms with Crippen LogP contribution in [-0.4, -0.2) is 46.4 Å². The molecule has 0 bridgehead atoms. The lowest BCUT2D eigenvalue weighted by Crippen LogP contribution is -2.56. The van der Waals surface area contributed by atoms with Gasteiger partial charge in [0.15, 0.2) is 5.60 Å². The lowest BCUT2D eigenvalue weighted by Gasteiger charge is -2.40. The fraction of sp³-hybridized carbons (Fsp3) is 0.391. The first-order valence-corrected chi connectivity index (χ1v) is 10.2. The van der Waals surface area contributed by atoms with Crippen molar-refractivity contribution in [1.82, 2.24) is 9.88 Å². The quantitative estimate of drug-likeness (QED) is 0.791. The van der Waals surface area contributed by atoms with Gasteiger partial charge in [0.2, 0.25) is 5.91 Å². The van der Waals surface area contributed by atoms with E-state index in [1.165, 1.54) is 0 Å². The van der Waals surface area contributed by atoms with E-state index in [9.17, 15) is 14.4 Å². The maximum atomic E-state index is 13.3. The highest BCUT2D eigenvalue weighted by atomic mass is 16.6. The molecule has 7 heteroatoms. The van der Waals surface area contributed by atoms with E-state index in [-0.39, 0.29) is 17.7 Å². The number of anilines is 1. The van der Waals surface area contributed by atoms with Crippen LogP contribution in [0.3, 0.4) is 0 Å². The fourth-order valence-corrected chi connectivity index (χ4v) is 4.20. The monoisotopic (exact) mass is 407 g/mol. The molecule has 0 radical (unpaired) electrons. The summed E-state index contributed by atoms with van der Waals surface area (Å²) in [5, 5.41) is 2.85. The number of piperidine rings is 1. The van der Waals surface area contributed by atoms with Crippen molar-refractivity contribution in [2.24, 2.45) is 5.92 Å². The third kappa shape index (κ3) is 3.92. The summed E-state index contributed by atoms with van der Waals surface area (Å²) < 4.78 is 5.58. The third-order valence-electron chi connectivity index (χ3n) is 5.75. The molecule has 1 aromatic carbocycles. The summed E-state index contributed by atoms with van der Waals surface area (Å²) in [6, 6.07) is 12.6. The molecule has 2 unspecified atom stereocenters. The van der Waals surface area contributed by atoms with E-state index in [1.54, 1.807) is 30.0 Å². The van der Waals surface area contributed by atoms with Crippen LogP contribution in [0.15, 0.2) is 42.5 Å².